The fourth-order valence-corrected chi connectivity index (χ4v) is 2.17. The van der Waals surface area contributed by atoms with E-state index in [1.807, 2.05) is 6.07 Å². The van der Waals surface area contributed by atoms with Crippen LogP contribution in [0.4, 0.5) is 0 Å². The van der Waals surface area contributed by atoms with Gasteiger partial charge in [0.15, 0.2) is 0 Å². The Bertz CT molecular complexity index is 577. The second-order valence-corrected chi connectivity index (χ2v) is 4.50. The third-order valence-corrected chi connectivity index (χ3v) is 3.28. The third-order valence-electron chi connectivity index (χ3n) is 1.94. The Labute approximate surface area is 107 Å². The number of aliphatic hydroxyl groups excluding tert-OH is 1. The van der Waals surface area contributed by atoms with E-state index in [4.69, 9.17) is 26.7 Å². The Morgan fingerprint density at radius 3 is 3.00 bits per heavy atom. The molecule has 1 aromatic heterocycles. The summed E-state index contributed by atoms with van der Waals surface area (Å²) in [5.41, 5.74) is 0.507. The van der Waals surface area contributed by atoms with Crippen molar-refractivity contribution in [1.29, 1.82) is 5.26 Å². The molecule has 1 N–H and O–H groups in total. The maximum Gasteiger partial charge on any atom is 0.280 e. The lowest BCUT2D eigenvalue weighted by molar-refractivity contribution is 0.285. The molecule has 6 heteroatoms. The summed E-state index contributed by atoms with van der Waals surface area (Å²) in [5.74, 6) is 0.513. The predicted molar refractivity (Wildman–Crippen MR) is 64.3 cm³/mol. The lowest BCUT2D eigenvalue weighted by Crippen LogP contribution is -1.83. The van der Waals surface area contributed by atoms with Gasteiger partial charge < -0.3 is 9.84 Å². The van der Waals surface area contributed by atoms with Gasteiger partial charge in [-0.15, -0.1) is 0 Å². The summed E-state index contributed by atoms with van der Waals surface area (Å²) in [4.78, 5) is 4.50. The van der Waals surface area contributed by atoms with E-state index in [1.54, 1.807) is 24.3 Å². The van der Waals surface area contributed by atoms with Gasteiger partial charge in [0, 0.05) is 0 Å². The molecule has 0 bridgehead atoms. The van der Waals surface area contributed by atoms with Crippen molar-refractivity contribution in [3.8, 4) is 17.0 Å². The fraction of sp³-hybridized carbons (Fsp3) is 0.0909. The summed E-state index contributed by atoms with van der Waals surface area (Å²) in [6.07, 6.45) is 0. The molecule has 1 heterocycles. The summed E-state index contributed by atoms with van der Waals surface area (Å²) >= 11 is 6.95. The summed E-state index contributed by atoms with van der Waals surface area (Å²) < 4.78 is 5.44. The monoisotopic (exact) mass is 266 g/mol. The molecule has 0 aliphatic heterocycles. The molecule has 0 amide bonds. The molecule has 1 aromatic carbocycles. The molecular weight excluding hydrogens is 260 g/mol. The third kappa shape index (κ3) is 2.74. The molecule has 0 aliphatic carbocycles. The van der Waals surface area contributed by atoms with E-state index in [2.05, 4.69) is 4.98 Å². The average molecular weight is 267 g/mol. The quantitative estimate of drug-likeness (QED) is 0.927. The van der Waals surface area contributed by atoms with Crippen LogP contribution in [0, 0.1) is 11.3 Å². The van der Waals surface area contributed by atoms with Crippen LogP contribution in [0.1, 0.15) is 10.4 Å². The van der Waals surface area contributed by atoms with Gasteiger partial charge in [-0.2, -0.15) is 10.2 Å². The van der Waals surface area contributed by atoms with Gasteiger partial charge in [-0.3, -0.25) is 0 Å². The molecule has 0 spiro atoms. The van der Waals surface area contributed by atoms with E-state index >= 15 is 0 Å². The van der Waals surface area contributed by atoms with Crippen molar-refractivity contribution in [2.24, 2.45) is 0 Å². The lowest BCUT2D eigenvalue weighted by Gasteiger charge is -2.00. The van der Waals surface area contributed by atoms with Crippen molar-refractivity contribution in [3.63, 3.8) is 0 Å². The highest BCUT2D eigenvalue weighted by atomic mass is 35.5. The Morgan fingerprint density at radius 1 is 1.53 bits per heavy atom. The van der Waals surface area contributed by atoms with Crippen molar-refractivity contribution < 1.29 is 9.84 Å². The molecular formula is C11H7ClN2O2S. The first-order chi connectivity index (χ1) is 8.22. The number of benzene rings is 1. The van der Waals surface area contributed by atoms with Crippen LogP contribution in [0.2, 0.25) is 5.15 Å². The standard InChI is InChI=1S/C11H7ClN2O2S/c12-10-9(6-15)17-11(14-10)16-8-3-1-2-7(4-8)5-13/h1-4,15H,6H2. The van der Waals surface area contributed by atoms with Gasteiger partial charge in [0.1, 0.15) is 10.9 Å². The number of hydrogen-bond donors (Lipinski definition) is 1. The highest BCUT2D eigenvalue weighted by Crippen LogP contribution is 2.32. The molecule has 0 fully saturated rings. The maximum absolute atomic E-state index is 8.97. The van der Waals surface area contributed by atoms with Crippen LogP contribution in [-0.4, -0.2) is 10.1 Å². The number of ether oxygens (including phenoxy) is 1. The first-order valence-electron chi connectivity index (χ1n) is 4.67. The first kappa shape index (κ1) is 11.9. The van der Waals surface area contributed by atoms with Crippen molar-refractivity contribution >= 4 is 22.9 Å². The largest absolute Gasteiger partial charge is 0.431 e. The van der Waals surface area contributed by atoms with Crippen LogP contribution < -0.4 is 4.74 Å². The molecule has 4 nitrogen and oxygen atoms in total. The number of hydrogen-bond acceptors (Lipinski definition) is 5. The summed E-state index contributed by atoms with van der Waals surface area (Å²) in [6.45, 7) is -0.169. The van der Waals surface area contributed by atoms with Gasteiger partial charge in [0.05, 0.1) is 23.1 Å². The van der Waals surface area contributed by atoms with E-state index in [0.717, 1.165) is 0 Å². The molecule has 0 saturated heterocycles. The zero-order valence-corrected chi connectivity index (χ0v) is 10.1. The van der Waals surface area contributed by atoms with E-state index in [0.29, 0.717) is 21.4 Å². The molecule has 0 saturated carbocycles. The maximum atomic E-state index is 8.97. The lowest BCUT2D eigenvalue weighted by atomic mass is 10.2. The van der Waals surface area contributed by atoms with Gasteiger partial charge in [0.25, 0.3) is 5.19 Å². The molecule has 0 radical (unpaired) electrons. The minimum Gasteiger partial charge on any atom is -0.431 e. The molecule has 0 atom stereocenters. The molecule has 17 heavy (non-hydrogen) atoms. The van der Waals surface area contributed by atoms with E-state index in [-0.39, 0.29) is 11.8 Å². The van der Waals surface area contributed by atoms with Gasteiger partial charge >= 0.3 is 0 Å². The average Bonchev–Trinajstić information content (AvgIpc) is 2.69. The first-order valence-corrected chi connectivity index (χ1v) is 5.86. The van der Waals surface area contributed by atoms with Crippen LogP contribution >= 0.6 is 22.9 Å². The molecule has 86 valence electrons. The minimum absolute atomic E-state index is 0.169. The van der Waals surface area contributed by atoms with Gasteiger partial charge in [-0.1, -0.05) is 29.0 Å². The summed E-state index contributed by atoms with van der Waals surface area (Å²) in [6, 6.07) is 8.74. The van der Waals surface area contributed by atoms with Crippen LogP contribution in [0.3, 0.4) is 0 Å². The van der Waals surface area contributed by atoms with E-state index in [9.17, 15) is 0 Å². The zero-order chi connectivity index (χ0) is 12.3. The second-order valence-electron chi connectivity index (χ2n) is 3.09. The number of thiazole rings is 1. The van der Waals surface area contributed by atoms with Crippen LogP contribution in [-0.2, 0) is 6.61 Å². The number of nitrogens with zero attached hydrogens (tertiary/aromatic N) is 2. The highest BCUT2D eigenvalue weighted by Gasteiger charge is 2.10. The SMILES string of the molecule is N#Cc1cccc(Oc2nc(Cl)c(CO)s2)c1. The van der Waals surface area contributed by atoms with Gasteiger partial charge in [-0.05, 0) is 18.2 Å². The Morgan fingerprint density at radius 2 is 2.35 bits per heavy atom. The van der Waals surface area contributed by atoms with Gasteiger partial charge in [0.2, 0.25) is 0 Å². The minimum atomic E-state index is -0.169. The second kappa shape index (κ2) is 5.15. The molecule has 2 rings (SSSR count). The number of aromatic nitrogens is 1. The Balaban J connectivity index is 2.22. The number of rotatable bonds is 3. The molecule has 0 unspecified atom stereocenters. The topological polar surface area (TPSA) is 66.1 Å². The Hall–Kier alpha value is -1.61. The van der Waals surface area contributed by atoms with Gasteiger partial charge in [-0.25, -0.2) is 0 Å². The van der Waals surface area contributed by atoms with E-state index < -0.39 is 0 Å². The van der Waals surface area contributed by atoms with Crippen LogP contribution in [0.15, 0.2) is 24.3 Å². The van der Waals surface area contributed by atoms with Crippen molar-refractivity contribution in [2.45, 2.75) is 6.61 Å². The summed E-state index contributed by atoms with van der Waals surface area (Å²) in [5, 5.41) is 18.3. The fourth-order valence-electron chi connectivity index (χ4n) is 1.18. The van der Waals surface area contributed by atoms with Crippen LogP contribution in [0.25, 0.3) is 0 Å². The number of aliphatic hydroxyl groups is 1. The van der Waals surface area contributed by atoms with Crippen molar-refractivity contribution in [3.05, 3.63) is 39.9 Å². The predicted octanol–water partition coefficient (Wildman–Crippen LogP) is 2.95. The normalized spacial score (nSPS) is 9.94. The zero-order valence-electron chi connectivity index (χ0n) is 8.55. The highest BCUT2D eigenvalue weighted by molar-refractivity contribution is 7.13. The molecule has 0 aliphatic rings. The Kier molecular flexibility index (Phi) is 3.59. The number of nitriles is 1. The molecule has 2 aromatic rings. The summed E-state index contributed by atoms with van der Waals surface area (Å²) in [7, 11) is 0. The van der Waals surface area contributed by atoms with Crippen LogP contribution in [0.5, 0.6) is 10.9 Å². The smallest absolute Gasteiger partial charge is 0.280 e. The van der Waals surface area contributed by atoms with Crippen molar-refractivity contribution in [2.75, 3.05) is 0 Å². The van der Waals surface area contributed by atoms with E-state index in [1.165, 1.54) is 11.3 Å². The number of halogens is 1. The van der Waals surface area contributed by atoms with Crippen molar-refractivity contribution in [1.82, 2.24) is 4.98 Å².